The fourth-order valence-corrected chi connectivity index (χ4v) is 4.34. The van der Waals surface area contributed by atoms with Gasteiger partial charge in [0.2, 0.25) is 0 Å². The van der Waals surface area contributed by atoms with E-state index in [1.807, 2.05) is 19.1 Å². The predicted octanol–water partition coefficient (Wildman–Crippen LogP) is 3.29. The quantitative estimate of drug-likeness (QED) is 0.369. The summed E-state index contributed by atoms with van der Waals surface area (Å²) in [6.45, 7) is 2.02. The van der Waals surface area contributed by atoms with Gasteiger partial charge in [0.1, 0.15) is 6.61 Å². The van der Waals surface area contributed by atoms with E-state index in [-0.39, 0.29) is 36.8 Å². The first-order chi connectivity index (χ1) is 16.7. The molecular formula is C25H32F3N3O4. The number of benzene rings is 2. The van der Waals surface area contributed by atoms with E-state index >= 15 is 0 Å². The highest BCUT2D eigenvalue weighted by Crippen LogP contribution is 2.37. The molecule has 0 bridgehead atoms. The number of anilines is 1. The number of alkyl halides is 3. The van der Waals surface area contributed by atoms with Gasteiger partial charge in [-0.25, -0.2) is 0 Å². The number of carbonyl (C=O) groups is 1. The van der Waals surface area contributed by atoms with E-state index in [1.54, 1.807) is 24.3 Å². The van der Waals surface area contributed by atoms with Gasteiger partial charge in [0.15, 0.2) is 18.1 Å². The van der Waals surface area contributed by atoms with Crippen molar-refractivity contribution in [2.45, 2.75) is 44.4 Å². The van der Waals surface area contributed by atoms with E-state index in [9.17, 15) is 23.1 Å². The summed E-state index contributed by atoms with van der Waals surface area (Å²) in [6.07, 6.45) is -2.21. The van der Waals surface area contributed by atoms with Crippen LogP contribution in [-0.2, 0) is 6.42 Å². The number of amides is 1. The predicted molar refractivity (Wildman–Crippen MR) is 127 cm³/mol. The maximum atomic E-state index is 12.5. The zero-order valence-corrected chi connectivity index (χ0v) is 19.7. The normalized spacial score (nSPS) is 16.1. The van der Waals surface area contributed by atoms with Crippen LogP contribution in [0.2, 0.25) is 0 Å². The van der Waals surface area contributed by atoms with Gasteiger partial charge in [0.05, 0.1) is 11.3 Å². The molecule has 0 fully saturated rings. The summed E-state index contributed by atoms with van der Waals surface area (Å²) in [5, 5.41) is 12.7. The van der Waals surface area contributed by atoms with Gasteiger partial charge in [0.25, 0.3) is 5.91 Å². The number of nitrogens with two attached hydrogens (primary N) is 1. The lowest BCUT2D eigenvalue weighted by atomic mass is 10.0. The summed E-state index contributed by atoms with van der Waals surface area (Å²) in [7, 11) is 0. The van der Waals surface area contributed by atoms with Crippen molar-refractivity contribution in [1.29, 1.82) is 0 Å². The molecule has 0 aliphatic carbocycles. The Morgan fingerprint density at radius 1 is 1.20 bits per heavy atom. The second-order valence-electron chi connectivity index (χ2n) is 8.61. The lowest BCUT2D eigenvalue weighted by Crippen LogP contribution is -2.44. The molecule has 0 radical (unpaired) electrons. The summed E-state index contributed by atoms with van der Waals surface area (Å²) in [4.78, 5) is 14.2. The lowest BCUT2D eigenvalue weighted by Gasteiger charge is -2.31. The SMILES string of the molecule is C[C@H](CN1c2c(cccc2C(N)=O)CC1CCCO)NCCOc1ccccc1OCC(F)(F)F. The minimum Gasteiger partial charge on any atom is -0.488 e. The highest BCUT2D eigenvalue weighted by molar-refractivity contribution is 6.00. The third-order valence-corrected chi connectivity index (χ3v) is 5.83. The first-order valence-electron chi connectivity index (χ1n) is 11.6. The standard InChI is InChI=1S/C25H32F3N3O4/c1-17(30-11-13-34-21-9-2-3-10-22(21)35-16-25(26,27)28)15-31-19(7-5-12-32)14-18-6-4-8-20(23(18)31)24(29)33/h2-4,6,8-10,17,19,30,32H,5,7,11-16H2,1H3,(H2,29,33)/t17-,19?/m1/s1. The maximum absolute atomic E-state index is 12.5. The summed E-state index contributed by atoms with van der Waals surface area (Å²) >= 11 is 0. The molecule has 1 aliphatic rings. The van der Waals surface area contributed by atoms with Crippen LogP contribution in [0.3, 0.4) is 0 Å². The van der Waals surface area contributed by atoms with Crippen LogP contribution in [0.5, 0.6) is 11.5 Å². The highest BCUT2D eigenvalue weighted by atomic mass is 19.4. The van der Waals surface area contributed by atoms with E-state index < -0.39 is 18.7 Å². The van der Waals surface area contributed by atoms with Crippen molar-refractivity contribution in [2.75, 3.05) is 37.8 Å². The Morgan fingerprint density at radius 3 is 2.57 bits per heavy atom. The Labute approximate surface area is 203 Å². The highest BCUT2D eigenvalue weighted by Gasteiger charge is 2.33. The van der Waals surface area contributed by atoms with E-state index in [2.05, 4.69) is 10.2 Å². The largest absolute Gasteiger partial charge is 0.488 e. The average Bonchev–Trinajstić information content (AvgIpc) is 3.16. The molecular weight excluding hydrogens is 463 g/mol. The fraction of sp³-hybridized carbons (Fsp3) is 0.480. The van der Waals surface area contributed by atoms with Gasteiger partial charge in [-0.1, -0.05) is 24.3 Å². The molecule has 1 heterocycles. The summed E-state index contributed by atoms with van der Waals surface area (Å²) in [6, 6.07) is 12.0. The van der Waals surface area contributed by atoms with Crippen molar-refractivity contribution in [3.8, 4) is 11.5 Å². The van der Waals surface area contributed by atoms with Crippen LogP contribution in [0.4, 0.5) is 18.9 Å². The smallest absolute Gasteiger partial charge is 0.422 e. The molecule has 2 aromatic carbocycles. The van der Waals surface area contributed by atoms with Crippen molar-refractivity contribution >= 4 is 11.6 Å². The molecule has 2 atom stereocenters. The van der Waals surface area contributed by atoms with Gasteiger partial charge < -0.3 is 30.5 Å². The van der Waals surface area contributed by atoms with Crippen molar-refractivity contribution in [2.24, 2.45) is 5.73 Å². The van der Waals surface area contributed by atoms with Crippen LogP contribution in [0.15, 0.2) is 42.5 Å². The van der Waals surface area contributed by atoms with Crippen molar-refractivity contribution < 1.29 is 32.5 Å². The number of nitrogens with one attached hydrogen (secondary N) is 1. The lowest BCUT2D eigenvalue weighted by molar-refractivity contribution is -0.153. The van der Waals surface area contributed by atoms with Crippen LogP contribution < -0.4 is 25.4 Å². The van der Waals surface area contributed by atoms with E-state index in [1.165, 1.54) is 6.07 Å². The molecule has 1 aliphatic heterocycles. The first-order valence-corrected chi connectivity index (χ1v) is 11.6. The third-order valence-electron chi connectivity index (χ3n) is 5.83. The van der Waals surface area contributed by atoms with Gasteiger partial charge in [-0.05, 0) is 49.9 Å². The number of para-hydroxylation sites is 3. The Hall–Kier alpha value is -2.98. The molecule has 3 rings (SSSR count). The van der Waals surface area contributed by atoms with Crippen LogP contribution in [0, 0.1) is 0 Å². The second kappa shape index (κ2) is 12.1. The molecule has 1 unspecified atom stereocenters. The minimum absolute atomic E-state index is 0.0128. The van der Waals surface area contributed by atoms with Crippen LogP contribution in [0.1, 0.15) is 35.7 Å². The van der Waals surface area contributed by atoms with Crippen molar-refractivity contribution in [1.82, 2.24) is 5.32 Å². The van der Waals surface area contributed by atoms with Gasteiger partial charge in [0, 0.05) is 31.8 Å². The monoisotopic (exact) mass is 495 g/mol. The fourth-order valence-electron chi connectivity index (χ4n) is 4.34. The Morgan fingerprint density at radius 2 is 1.91 bits per heavy atom. The second-order valence-corrected chi connectivity index (χ2v) is 8.61. The number of fused-ring (bicyclic) bond motifs is 1. The molecule has 0 aromatic heterocycles. The van der Waals surface area contributed by atoms with E-state index in [4.69, 9.17) is 15.2 Å². The molecule has 35 heavy (non-hydrogen) atoms. The van der Waals surface area contributed by atoms with E-state index in [0.717, 1.165) is 24.1 Å². The first kappa shape index (κ1) is 26.6. The van der Waals surface area contributed by atoms with Crippen LogP contribution in [0.25, 0.3) is 0 Å². The molecule has 7 nitrogen and oxygen atoms in total. The zero-order valence-electron chi connectivity index (χ0n) is 19.7. The van der Waals surface area contributed by atoms with Gasteiger partial charge in [-0.2, -0.15) is 13.2 Å². The number of halogens is 3. The molecule has 4 N–H and O–H groups in total. The summed E-state index contributed by atoms with van der Waals surface area (Å²) < 4.78 is 47.9. The number of ether oxygens (including phenoxy) is 2. The summed E-state index contributed by atoms with van der Waals surface area (Å²) in [5.74, 6) is -0.192. The number of carbonyl (C=O) groups excluding carboxylic acids is 1. The Bertz CT molecular complexity index is 987. The maximum Gasteiger partial charge on any atom is 0.422 e. The third kappa shape index (κ3) is 7.50. The minimum atomic E-state index is -4.43. The molecule has 0 saturated heterocycles. The van der Waals surface area contributed by atoms with E-state index in [0.29, 0.717) is 25.1 Å². The zero-order chi connectivity index (χ0) is 25.4. The van der Waals surface area contributed by atoms with Gasteiger partial charge in [-0.3, -0.25) is 4.79 Å². The molecule has 0 spiro atoms. The van der Waals surface area contributed by atoms with Crippen LogP contribution in [-0.4, -0.2) is 62.2 Å². The van der Waals surface area contributed by atoms with Crippen molar-refractivity contribution in [3.05, 3.63) is 53.6 Å². The molecule has 10 heteroatoms. The van der Waals surface area contributed by atoms with Gasteiger partial charge in [-0.15, -0.1) is 0 Å². The molecule has 0 saturated carbocycles. The number of hydrogen-bond acceptors (Lipinski definition) is 6. The Balaban J connectivity index is 1.57. The van der Waals surface area contributed by atoms with Crippen molar-refractivity contribution in [3.63, 3.8) is 0 Å². The average molecular weight is 496 g/mol. The number of aliphatic hydroxyl groups is 1. The topological polar surface area (TPSA) is 97.1 Å². The number of primary amides is 1. The molecule has 1 amide bonds. The number of nitrogens with zero attached hydrogens (tertiary/aromatic N) is 1. The van der Waals surface area contributed by atoms with Gasteiger partial charge >= 0.3 is 6.18 Å². The van der Waals surface area contributed by atoms with Crippen LogP contribution >= 0.6 is 0 Å². The Kier molecular flexibility index (Phi) is 9.22. The summed E-state index contributed by atoms with van der Waals surface area (Å²) in [5.41, 5.74) is 8.03. The number of rotatable bonds is 13. The number of aliphatic hydroxyl groups excluding tert-OH is 1. The molecule has 2 aromatic rings. The molecule has 192 valence electrons. The number of hydrogen-bond donors (Lipinski definition) is 3.